The van der Waals surface area contributed by atoms with Gasteiger partial charge in [-0.15, -0.1) is 0 Å². The standard InChI is InChI=1S/C19H30O/c1-15(2)19-13-9-12-18(14-19)11-8-6-7-10-17(5)20-16(3)4/h8-9,11-17H,6-7,10H2,1-5H3/b11-8+/t17-/m0/s1. The Morgan fingerprint density at radius 3 is 2.50 bits per heavy atom. The van der Waals surface area contributed by atoms with Crippen molar-refractivity contribution in [2.75, 3.05) is 0 Å². The van der Waals surface area contributed by atoms with Crippen LogP contribution in [0, 0.1) is 0 Å². The minimum Gasteiger partial charge on any atom is -0.376 e. The zero-order chi connectivity index (χ0) is 15.0. The fraction of sp³-hybridized carbons (Fsp3) is 0.579. The molecular weight excluding hydrogens is 244 g/mol. The van der Waals surface area contributed by atoms with Crippen molar-refractivity contribution in [1.82, 2.24) is 0 Å². The van der Waals surface area contributed by atoms with E-state index in [-0.39, 0.29) is 0 Å². The first kappa shape index (κ1) is 17.0. The Balaban J connectivity index is 2.33. The largest absolute Gasteiger partial charge is 0.376 e. The predicted molar refractivity (Wildman–Crippen MR) is 89.1 cm³/mol. The average Bonchev–Trinajstić information content (AvgIpc) is 2.37. The number of benzene rings is 1. The molecule has 0 aliphatic heterocycles. The first-order chi connectivity index (χ1) is 9.49. The maximum atomic E-state index is 5.73. The molecule has 1 atom stereocenters. The highest BCUT2D eigenvalue weighted by molar-refractivity contribution is 5.50. The van der Waals surface area contributed by atoms with Crippen molar-refractivity contribution in [3.8, 4) is 0 Å². The van der Waals surface area contributed by atoms with Crippen molar-refractivity contribution in [2.24, 2.45) is 0 Å². The lowest BCUT2D eigenvalue weighted by molar-refractivity contribution is 0.0136. The summed E-state index contributed by atoms with van der Waals surface area (Å²) >= 11 is 0. The molecule has 1 heteroatoms. The van der Waals surface area contributed by atoms with E-state index < -0.39 is 0 Å². The third-order valence-corrected chi connectivity index (χ3v) is 3.37. The summed E-state index contributed by atoms with van der Waals surface area (Å²) in [6.45, 7) is 10.8. The molecule has 0 aliphatic carbocycles. The molecule has 112 valence electrons. The highest BCUT2D eigenvalue weighted by atomic mass is 16.5. The van der Waals surface area contributed by atoms with Crippen LogP contribution in [-0.2, 0) is 4.74 Å². The van der Waals surface area contributed by atoms with Gasteiger partial charge in [-0.2, -0.15) is 0 Å². The summed E-state index contributed by atoms with van der Waals surface area (Å²) in [5.74, 6) is 0.595. The van der Waals surface area contributed by atoms with Gasteiger partial charge in [-0.25, -0.2) is 0 Å². The van der Waals surface area contributed by atoms with Crippen LogP contribution in [0.3, 0.4) is 0 Å². The van der Waals surface area contributed by atoms with Crippen LogP contribution in [0.2, 0.25) is 0 Å². The molecule has 0 spiro atoms. The molecule has 1 rings (SSSR count). The SMILES string of the molecule is CC(C)O[C@@H](C)CCC/C=C/c1cccc(C(C)C)c1. The molecule has 0 fully saturated rings. The lowest BCUT2D eigenvalue weighted by Crippen LogP contribution is -2.13. The molecule has 1 nitrogen and oxygen atoms in total. The van der Waals surface area contributed by atoms with Crippen LogP contribution in [0.5, 0.6) is 0 Å². The number of hydrogen-bond donors (Lipinski definition) is 0. The number of rotatable bonds is 8. The van der Waals surface area contributed by atoms with E-state index >= 15 is 0 Å². The summed E-state index contributed by atoms with van der Waals surface area (Å²) in [7, 11) is 0. The Kier molecular flexibility index (Phi) is 7.61. The Bertz CT molecular complexity index is 404. The predicted octanol–water partition coefficient (Wildman–Crippen LogP) is 5.81. The smallest absolute Gasteiger partial charge is 0.0550 e. The van der Waals surface area contributed by atoms with Gasteiger partial charge in [0, 0.05) is 0 Å². The van der Waals surface area contributed by atoms with E-state index in [4.69, 9.17) is 4.74 Å². The first-order valence-electron chi connectivity index (χ1n) is 7.91. The molecule has 0 aromatic heterocycles. The van der Waals surface area contributed by atoms with Crippen LogP contribution in [0.4, 0.5) is 0 Å². The summed E-state index contributed by atoms with van der Waals surface area (Å²) in [5.41, 5.74) is 2.72. The summed E-state index contributed by atoms with van der Waals surface area (Å²) < 4.78 is 5.73. The molecule has 0 aliphatic rings. The minimum absolute atomic E-state index is 0.333. The van der Waals surface area contributed by atoms with Crippen molar-refractivity contribution in [2.45, 2.75) is 72.0 Å². The lowest BCUT2D eigenvalue weighted by atomic mass is 10.0. The Morgan fingerprint density at radius 1 is 1.10 bits per heavy atom. The zero-order valence-corrected chi connectivity index (χ0v) is 13.7. The number of hydrogen-bond acceptors (Lipinski definition) is 1. The van der Waals surface area contributed by atoms with Gasteiger partial charge in [0.1, 0.15) is 0 Å². The van der Waals surface area contributed by atoms with Gasteiger partial charge in [-0.3, -0.25) is 0 Å². The van der Waals surface area contributed by atoms with E-state index in [0.717, 1.165) is 12.8 Å². The van der Waals surface area contributed by atoms with Gasteiger partial charge in [0.05, 0.1) is 12.2 Å². The van der Waals surface area contributed by atoms with Crippen molar-refractivity contribution in [3.63, 3.8) is 0 Å². The fourth-order valence-electron chi connectivity index (χ4n) is 2.30. The lowest BCUT2D eigenvalue weighted by Gasteiger charge is -2.15. The third-order valence-electron chi connectivity index (χ3n) is 3.37. The van der Waals surface area contributed by atoms with Gasteiger partial charge >= 0.3 is 0 Å². The van der Waals surface area contributed by atoms with Gasteiger partial charge in [-0.1, -0.05) is 50.3 Å². The molecule has 0 saturated carbocycles. The summed E-state index contributed by atoms with van der Waals surface area (Å²) in [6.07, 6.45) is 8.66. The molecule has 0 radical (unpaired) electrons. The minimum atomic E-state index is 0.333. The molecular formula is C19H30O. The second kappa shape index (κ2) is 8.97. The fourth-order valence-corrected chi connectivity index (χ4v) is 2.30. The van der Waals surface area contributed by atoms with E-state index in [1.54, 1.807) is 0 Å². The summed E-state index contributed by atoms with van der Waals surface area (Å²) in [5, 5.41) is 0. The van der Waals surface area contributed by atoms with Crippen LogP contribution in [-0.4, -0.2) is 12.2 Å². The highest BCUT2D eigenvalue weighted by Gasteiger charge is 2.03. The quantitative estimate of drug-likeness (QED) is 0.544. The Hall–Kier alpha value is -1.08. The van der Waals surface area contributed by atoms with Crippen LogP contribution in [0.15, 0.2) is 30.3 Å². The number of ether oxygens (including phenoxy) is 1. The van der Waals surface area contributed by atoms with Gasteiger partial charge in [0.25, 0.3) is 0 Å². The van der Waals surface area contributed by atoms with E-state index in [2.05, 4.69) is 71.0 Å². The maximum absolute atomic E-state index is 5.73. The van der Waals surface area contributed by atoms with E-state index in [9.17, 15) is 0 Å². The molecule has 0 amide bonds. The Labute approximate surface area is 125 Å². The van der Waals surface area contributed by atoms with E-state index in [0.29, 0.717) is 18.1 Å². The van der Waals surface area contributed by atoms with Crippen molar-refractivity contribution in [3.05, 3.63) is 41.5 Å². The first-order valence-corrected chi connectivity index (χ1v) is 7.91. The topological polar surface area (TPSA) is 9.23 Å². The zero-order valence-electron chi connectivity index (χ0n) is 13.7. The molecule has 0 N–H and O–H groups in total. The summed E-state index contributed by atoms with van der Waals surface area (Å²) in [4.78, 5) is 0. The van der Waals surface area contributed by atoms with E-state index in [1.807, 2.05) is 0 Å². The second-order valence-corrected chi connectivity index (χ2v) is 6.15. The van der Waals surface area contributed by atoms with Gasteiger partial charge in [-0.05, 0) is 57.1 Å². The molecule has 1 aromatic carbocycles. The highest BCUT2D eigenvalue weighted by Crippen LogP contribution is 2.16. The molecule has 0 bridgehead atoms. The van der Waals surface area contributed by atoms with E-state index in [1.165, 1.54) is 17.5 Å². The second-order valence-electron chi connectivity index (χ2n) is 6.15. The normalized spacial score (nSPS) is 13.6. The van der Waals surface area contributed by atoms with Crippen molar-refractivity contribution >= 4 is 6.08 Å². The van der Waals surface area contributed by atoms with Crippen molar-refractivity contribution < 1.29 is 4.74 Å². The molecule has 0 unspecified atom stereocenters. The van der Waals surface area contributed by atoms with Crippen LogP contribution >= 0.6 is 0 Å². The van der Waals surface area contributed by atoms with Crippen LogP contribution in [0.1, 0.15) is 70.9 Å². The number of unbranched alkanes of at least 4 members (excludes halogenated alkanes) is 1. The molecule has 0 saturated heterocycles. The molecule has 1 aromatic rings. The maximum Gasteiger partial charge on any atom is 0.0550 e. The molecule has 20 heavy (non-hydrogen) atoms. The van der Waals surface area contributed by atoms with Gasteiger partial charge in [0.2, 0.25) is 0 Å². The van der Waals surface area contributed by atoms with Crippen LogP contribution < -0.4 is 0 Å². The molecule has 0 heterocycles. The monoisotopic (exact) mass is 274 g/mol. The Morgan fingerprint density at radius 2 is 1.85 bits per heavy atom. The number of allylic oxidation sites excluding steroid dienone is 1. The summed E-state index contributed by atoms with van der Waals surface area (Å²) in [6, 6.07) is 8.80. The third kappa shape index (κ3) is 6.91. The van der Waals surface area contributed by atoms with Crippen molar-refractivity contribution in [1.29, 1.82) is 0 Å². The van der Waals surface area contributed by atoms with Gasteiger partial charge < -0.3 is 4.74 Å². The average molecular weight is 274 g/mol. The van der Waals surface area contributed by atoms with Gasteiger partial charge in [0.15, 0.2) is 0 Å². The van der Waals surface area contributed by atoms with Crippen LogP contribution in [0.25, 0.3) is 6.08 Å².